The summed E-state index contributed by atoms with van der Waals surface area (Å²) in [7, 11) is 1.28. The van der Waals surface area contributed by atoms with Gasteiger partial charge in [0.05, 0.1) is 101 Å². The van der Waals surface area contributed by atoms with E-state index in [1.807, 2.05) is 186 Å². The van der Waals surface area contributed by atoms with Gasteiger partial charge in [0, 0.05) is 217 Å². The van der Waals surface area contributed by atoms with Gasteiger partial charge in [0.25, 0.3) is 5.91 Å². The molecule has 0 atom stereocenters. The van der Waals surface area contributed by atoms with E-state index < -0.39 is 5.97 Å². The molecule has 33 nitrogen and oxygen atoms in total. The zero-order valence-electron chi connectivity index (χ0n) is 83.5. The molecule has 0 aliphatic carbocycles. The molecule has 1 aliphatic heterocycles. The van der Waals surface area contributed by atoms with Crippen LogP contribution in [0.15, 0.2) is 287 Å². The van der Waals surface area contributed by atoms with Crippen LogP contribution in [0.25, 0.3) is 0 Å². The SMILES string of the molecule is CCCC(=O)Cc1cc(CCc2cccnc2)c(C(=O)OCC)cn1.CCCC(=O)Cc1cc(Nc2ccccc2)c(C(=O)Cc2ccc(N3CCOCC3)nc2)cn1.CCCC(=O)Cc1cc(Nc2ccccc2)c(C(=O)Cc2cccnc2)cn1.CCCC(=O)Cc1cc(Nc2ccccc2)c(C(=O)Cc2ccnc(C(=O)OC)c2)cn1.CCNC(=O)Nc1cc(Nc2cccnc2)c(C(=O)Nc2cccnc2)cn1. The summed E-state index contributed by atoms with van der Waals surface area (Å²) < 4.78 is 15.2. The average molecular weight is 1980 g/mol. The van der Waals surface area contributed by atoms with Crippen molar-refractivity contribution in [1.29, 1.82) is 0 Å². The number of ketones is 7. The van der Waals surface area contributed by atoms with Gasteiger partial charge in [-0.2, -0.15) is 0 Å². The number of hydrogen-bond donors (Lipinski definition) is 7. The van der Waals surface area contributed by atoms with E-state index in [-0.39, 0.29) is 103 Å². The molecule has 147 heavy (non-hydrogen) atoms. The fourth-order valence-corrected chi connectivity index (χ4v) is 15.1. The second-order valence-corrected chi connectivity index (χ2v) is 33.9. The molecule has 33 heteroatoms. The molecule has 1 saturated heterocycles. The molecular formula is C114H121N19O14. The first kappa shape index (κ1) is 110. The van der Waals surface area contributed by atoms with Crippen molar-refractivity contribution >= 4 is 127 Å². The maximum Gasteiger partial charge on any atom is 0.356 e. The number of nitrogens with one attached hydrogen (secondary N) is 7. The molecule has 0 unspecified atom stereocenters. The van der Waals surface area contributed by atoms with E-state index in [1.165, 1.54) is 31.9 Å². The van der Waals surface area contributed by atoms with Gasteiger partial charge in [-0.3, -0.25) is 83.5 Å². The molecule has 0 radical (unpaired) electrons. The number of nitrogens with zero attached hydrogens (tertiary/aromatic N) is 12. The average Bonchev–Trinajstić information content (AvgIpc) is 0.831. The number of ether oxygens (including phenoxy) is 3. The third-order valence-electron chi connectivity index (χ3n) is 22.3. The first-order valence-corrected chi connectivity index (χ1v) is 48.8. The monoisotopic (exact) mass is 1980 g/mol. The molecule has 7 N–H and O–H groups in total. The van der Waals surface area contributed by atoms with Crippen molar-refractivity contribution in [3.63, 3.8) is 0 Å². The Morgan fingerprint density at radius 1 is 0.347 bits per heavy atom. The molecule has 3 amide bonds. The first-order chi connectivity index (χ1) is 71.6. The van der Waals surface area contributed by atoms with Crippen LogP contribution in [0.5, 0.6) is 0 Å². The zero-order chi connectivity index (χ0) is 104. The van der Waals surface area contributed by atoms with Crippen molar-refractivity contribution in [3.8, 4) is 0 Å². The quantitative estimate of drug-likeness (QED) is 0.0138. The van der Waals surface area contributed by atoms with E-state index in [4.69, 9.17) is 14.2 Å². The Morgan fingerprint density at radius 2 is 0.769 bits per heavy atom. The van der Waals surface area contributed by atoms with E-state index in [0.717, 1.165) is 90.3 Å². The molecule has 0 saturated carbocycles. The van der Waals surface area contributed by atoms with Crippen molar-refractivity contribution < 1.29 is 67.0 Å². The Labute approximate surface area is 854 Å². The lowest BCUT2D eigenvalue weighted by Gasteiger charge is -2.27. The third-order valence-corrected chi connectivity index (χ3v) is 22.3. The van der Waals surface area contributed by atoms with E-state index in [0.29, 0.717) is 161 Å². The first-order valence-electron chi connectivity index (χ1n) is 48.8. The van der Waals surface area contributed by atoms with Crippen LogP contribution >= 0.6 is 0 Å². The van der Waals surface area contributed by atoms with Gasteiger partial charge >= 0.3 is 18.0 Å². The van der Waals surface area contributed by atoms with Crippen LogP contribution in [-0.2, 0) is 91.2 Å². The van der Waals surface area contributed by atoms with Gasteiger partial charge in [-0.15, -0.1) is 0 Å². The number of aromatic nitrogens is 11. The maximum absolute atomic E-state index is 13.2. The normalized spacial score (nSPS) is 11.1. The fraction of sp³-hybridized carbons (Fsp3) is 0.263. The summed E-state index contributed by atoms with van der Waals surface area (Å²) >= 11 is 0. The number of esters is 2. The Hall–Kier alpha value is -17.4. The largest absolute Gasteiger partial charge is 0.464 e. The minimum atomic E-state index is -0.562. The number of amides is 3. The van der Waals surface area contributed by atoms with Crippen LogP contribution in [0, 0.1) is 0 Å². The lowest BCUT2D eigenvalue weighted by Crippen LogP contribution is -2.36. The topological polar surface area (TPSA) is 445 Å². The van der Waals surface area contributed by atoms with Crippen molar-refractivity contribution in [2.24, 2.45) is 0 Å². The maximum atomic E-state index is 13.2. The predicted molar refractivity (Wildman–Crippen MR) is 566 cm³/mol. The second-order valence-electron chi connectivity index (χ2n) is 33.9. The Balaban J connectivity index is 0.000000175. The number of urea groups is 1. The number of carbonyl (C=O) groups excluding carboxylic acids is 11. The number of carbonyl (C=O) groups is 11. The smallest absolute Gasteiger partial charge is 0.356 e. The number of morpholine rings is 1. The molecule has 14 aromatic rings. The van der Waals surface area contributed by atoms with Crippen LogP contribution in [0.3, 0.4) is 0 Å². The number of aryl methyl sites for hydroxylation is 2. The summed E-state index contributed by atoms with van der Waals surface area (Å²) in [5.41, 5.74) is 15.4. The lowest BCUT2D eigenvalue weighted by atomic mass is 10.00. The van der Waals surface area contributed by atoms with Crippen LogP contribution < -0.4 is 42.1 Å². The molecule has 12 heterocycles. The molecule has 3 aromatic carbocycles. The second kappa shape index (κ2) is 59.5. The lowest BCUT2D eigenvalue weighted by molar-refractivity contribution is -0.119. The van der Waals surface area contributed by atoms with Gasteiger partial charge in [-0.05, 0) is 195 Å². The van der Waals surface area contributed by atoms with Gasteiger partial charge in [0.15, 0.2) is 17.3 Å². The van der Waals surface area contributed by atoms with E-state index in [9.17, 15) is 52.7 Å². The highest BCUT2D eigenvalue weighted by atomic mass is 16.5. The molecule has 0 bridgehead atoms. The van der Waals surface area contributed by atoms with Gasteiger partial charge < -0.3 is 51.0 Å². The molecule has 756 valence electrons. The Bertz CT molecular complexity index is 6520. The van der Waals surface area contributed by atoms with Gasteiger partial charge in [-0.25, -0.2) is 29.3 Å². The summed E-state index contributed by atoms with van der Waals surface area (Å²) in [6.45, 7) is 15.3. The number of rotatable bonds is 44. The number of benzene rings is 3. The number of methoxy groups -OCH3 is 1. The minimum absolute atomic E-state index is 0.0506. The van der Waals surface area contributed by atoms with Crippen LogP contribution in [0.2, 0.25) is 0 Å². The summed E-state index contributed by atoms with van der Waals surface area (Å²) in [6, 6.07) is 58.9. The molecule has 1 aliphatic rings. The molecule has 0 spiro atoms. The van der Waals surface area contributed by atoms with Crippen LogP contribution in [0.4, 0.5) is 67.6 Å². The highest BCUT2D eigenvalue weighted by Gasteiger charge is 2.25. The van der Waals surface area contributed by atoms with E-state index >= 15 is 0 Å². The van der Waals surface area contributed by atoms with Gasteiger partial charge in [0.1, 0.15) is 40.5 Å². The van der Waals surface area contributed by atoms with Gasteiger partial charge in [0.2, 0.25) is 0 Å². The zero-order valence-corrected chi connectivity index (χ0v) is 83.5. The van der Waals surface area contributed by atoms with Crippen LogP contribution in [-0.4, -0.2) is 166 Å². The van der Waals surface area contributed by atoms with Crippen molar-refractivity contribution in [1.82, 2.24) is 60.1 Å². The number of Topliss-reactive ketones (excluding diaryl/α,β-unsaturated/α-hetero) is 7. The summed E-state index contributed by atoms with van der Waals surface area (Å²) in [6.07, 6.45) is 32.5. The van der Waals surface area contributed by atoms with E-state index in [1.54, 1.807) is 117 Å². The van der Waals surface area contributed by atoms with Crippen molar-refractivity contribution in [2.45, 2.75) is 151 Å². The predicted octanol–water partition coefficient (Wildman–Crippen LogP) is 19.7. The molecule has 15 rings (SSSR count). The minimum Gasteiger partial charge on any atom is -0.464 e. The molecular weight excluding hydrogens is 1860 g/mol. The van der Waals surface area contributed by atoms with Crippen LogP contribution in [0.1, 0.15) is 206 Å². The highest BCUT2D eigenvalue weighted by Crippen LogP contribution is 2.31. The standard InChI is InChI=1S/C27H30N4O3.C25H25N3O4.C23H23N3O2.C20H24N2O3.C19H19N7O2/c1-2-6-23(32)16-22-17-25(30-21-7-4-3-5-8-21)24(19-28-22)26(33)15-20-9-10-27(29-18-20)31-11-13-34-14-12-31;1-3-7-20(29)14-19-15-22(28-18-8-5-4-6-9-18)21(16-27-19)24(30)13-17-10-11-26-23(12-17)25(31)32-2;1-2-7-20(27)13-19-14-22(26-18-9-4-3-5-10-18)21(16-25-19)23(28)12-17-8-6-11-24-15-17;1-3-6-18(23)12-17-11-16(9-8-15-7-5-10-21-13-15)19(14-22-17)20(24)25-4-2;1-2-22-19(28)26-17-9-16(24-13-5-3-7-20-10-13)15(12-23-17)18(27)25-14-6-4-8-21-11-14/h3-5,7-10,17-19H,2,6,11-16H2,1H3,(H,28,30);4-6,8-12,15-16H,3,7,13-14H2,1-2H3,(H,27,28);3-6,8-11,14-16H,2,7,12-13H2,1H3,(H,25,26);5,7,10-11,13-14H,3-4,6,8-9,12H2,1-2H3;3-12H,2H2,1H3,(H,25,27)(H3,22,23,24,26,28). The highest BCUT2D eigenvalue weighted by molar-refractivity contribution is 6.09. The summed E-state index contributed by atoms with van der Waals surface area (Å²) in [4.78, 5) is 184. The number of para-hydroxylation sites is 3. The summed E-state index contributed by atoms with van der Waals surface area (Å²) in [5.74, 6) is 0.180. The Kier molecular flexibility index (Phi) is 44.6. The Morgan fingerprint density at radius 3 is 1.20 bits per heavy atom. The van der Waals surface area contributed by atoms with Crippen molar-refractivity contribution in [2.75, 3.05) is 83.4 Å². The third kappa shape index (κ3) is 36.8. The number of hydrogen-bond acceptors (Lipinski definition) is 30. The van der Waals surface area contributed by atoms with Crippen molar-refractivity contribution in [3.05, 3.63) is 371 Å². The van der Waals surface area contributed by atoms with E-state index in [2.05, 4.69) is 96.9 Å². The number of anilines is 11. The van der Waals surface area contributed by atoms with Gasteiger partial charge in [-0.1, -0.05) is 100 Å². The molecule has 1 fully saturated rings. The molecule has 11 aromatic heterocycles. The fourth-order valence-electron chi connectivity index (χ4n) is 15.1. The number of pyridine rings is 11. The summed E-state index contributed by atoms with van der Waals surface area (Å²) in [5, 5.41) is 21.0.